The number of amides is 3. The van der Waals surface area contributed by atoms with E-state index >= 15 is 0 Å². The van der Waals surface area contributed by atoms with E-state index in [1.807, 2.05) is 68.4 Å². The number of carbonyl (C=O) groups is 4. The summed E-state index contributed by atoms with van der Waals surface area (Å²) in [5, 5.41) is 5.61. The summed E-state index contributed by atoms with van der Waals surface area (Å²) in [5.74, 6) is -1.28. The summed E-state index contributed by atoms with van der Waals surface area (Å²) in [7, 11) is 0. The van der Waals surface area contributed by atoms with Crippen molar-refractivity contribution in [3.63, 3.8) is 0 Å². The van der Waals surface area contributed by atoms with Crippen molar-refractivity contribution in [1.82, 2.24) is 15.5 Å². The Morgan fingerprint density at radius 2 is 1.36 bits per heavy atom. The Kier molecular flexibility index (Phi) is 14.8. The normalized spacial score (nSPS) is 14.4. The second-order valence-electron chi connectivity index (χ2n) is 14.5. The molecular formula is C37H55N3O6S. The largest absolute Gasteiger partial charge is 0.458 e. The van der Waals surface area contributed by atoms with Crippen molar-refractivity contribution in [3.8, 4) is 0 Å². The van der Waals surface area contributed by atoms with Crippen molar-refractivity contribution in [2.75, 3.05) is 5.75 Å². The summed E-state index contributed by atoms with van der Waals surface area (Å²) < 4.78 is 11.2. The molecule has 0 saturated carbocycles. The molecule has 0 fully saturated rings. The topological polar surface area (TPSA) is 114 Å². The second kappa shape index (κ2) is 17.6. The van der Waals surface area contributed by atoms with Gasteiger partial charge in [-0.1, -0.05) is 74.0 Å². The van der Waals surface area contributed by atoms with E-state index in [2.05, 4.69) is 37.1 Å². The maximum Gasteiger partial charge on any atom is 0.408 e. The molecule has 0 aliphatic heterocycles. The minimum Gasteiger partial charge on any atom is -0.458 e. The molecule has 2 aromatic rings. The van der Waals surface area contributed by atoms with Crippen LogP contribution < -0.4 is 10.6 Å². The highest BCUT2D eigenvalue weighted by molar-refractivity contribution is 7.80. The third-order valence-corrected chi connectivity index (χ3v) is 7.64. The van der Waals surface area contributed by atoms with Gasteiger partial charge in [-0.3, -0.25) is 9.59 Å². The number of hydrogen-bond acceptors (Lipinski definition) is 7. The molecule has 0 spiro atoms. The molecule has 0 aromatic heterocycles. The fourth-order valence-corrected chi connectivity index (χ4v) is 5.23. The number of alkyl carbamates (subject to hydrolysis) is 1. The highest BCUT2D eigenvalue weighted by atomic mass is 32.1. The van der Waals surface area contributed by atoms with Gasteiger partial charge in [0.15, 0.2) is 0 Å². The van der Waals surface area contributed by atoms with Crippen molar-refractivity contribution in [2.24, 2.45) is 5.92 Å². The van der Waals surface area contributed by atoms with E-state index < -0.39 is 59.2 Å². The standard InChI is InChI=1S/C37H55N3O6S/c1-24(2)16-19-26(4)40(33(42)30(23-47)39-35(44)46-37(8,9)10)31(28-20-17-25(3)18-21-28)32(41)38-29(34(43)45-36(5,6)7)22-27-14-12-11-13-15-27/h11-15,17-18,20-21,24,26,29-31,47H,16,19,22-23H2,1-10H3,(H,38,41)(H,39,44). The zero-order valence-electron chi connectivity index (χ0n) is 29.8. The molecule has 4 unspecified atom stereocenters. The van der Waals surface area contributed by atoms with Crippen LogP contribution in [0.4, 0.5) is 4.79 Å². The predicted molar refractivity (Wildman–Crippen MR) is 189 cm³/mol. The Hall–Kier alpha value is -3.53. The van der Waals surface area contributed by atoms with E-state index in [9.17, 15) is 19.2 Å². The minimum absolute atomic E-state index is 0.0255. The average Bonchev–Trinajstić information content (AvgIpc) is 2.96. The van der Waals surface area contributed by atoms with E-state index in [0.717, 1.165) is 17.5 Å². The van der Waals surface area contributed by atoms with Gasteiger partial charge in [0, 0.05) is 18.2 Å². The van der Waals surface area contributed by atoms with E-state index in [4.69, 9.17) is 9.47 Å². The Morgan fingerprint density at radius 1 is 0.787 bits per heavy atom. The average molecular weight is 670 g/mol. The Balaban J connectivity index is 2.64. The molecule has 2 aromatic carbocycles. The maximum absolute atomic E-state index is 14.6. The quantitative estimate of drug-likeness (QED) is 0.155. The Bertz CT molecular complexity index is 1320. The van der Waals surface area contributed by atoms with E-state index in [1.165, 1.54) is 4.90 Å². The number of benzene rings is 2. The van der Waals surface area contributed by atoms with Crippen LogP contribution in [0, 0.1) is 12.8 Å². The number of nitrogens with one attached hydrogen (secondary N) is 2. The molecule has 4 atom stereocenters. The molecule has 2 rings (SSSR count). The van der Waals surface area contributed by atoms with Crippen LogP contribution in [0.15, 0.2) is 54.6 Å². The van der Waals surface area contributed by atoms with Crippen LogP contribution in [-0.2, 0) is 30.3 Å². The van der Waals surface area contributed by atoms with E-state index in [0.29, 0.717) is 17.9 Å². The predicted octanol–water partition coefficient (Wildman–Crippen LogP) is 6.58. The number of aryl methyl sites for hydroxylation is 1. The zero-order valence-corrected chi connectivity index (χ0v) is 30.6. The molecular weight excluding hydrogens is 614 g/mol. The zero-order chi connectivity index (χ0) is 35.5. The molecule has 260 valence electrons. The lowest BCUT2D eigenvalue weighted by atomic mass is 9.96. The molecule has 9 nitrogen and oxygen atoms in total. The third-order valence-electron chi connectivity index (χ3n) is 7.27. The van der Waals surface area contributed by atoms with Gasteiger partial charge in [-0.25, -0.2) is 9.59 Å². The Labute approximate surface area is 286 Å². The van der Waals surface area contributed by atoms with E-state index in [1.54, 1.807) is 41.5 Å². The molecule has 0 bridgehead atoms. The SMILES string of the molecule is Cc1ccc(C(C(=O)NC(Cc2ccccc2)C(=O)OC(C)(C)C)N(C(=O)C(CS)NC(=O)OC(C)(C)C)C(C)CCC(C)C)cc1. The molecule has 10 heteroatoms. The molecule has 3 amide bonds. The first-order valence-corrected chi connectivity index (χ1v) is 17.0. The van der Waals surface area contributed by atoms with Gasteiger partial charge in [0.2, 0.25) is 11.8 Å². The fraction of sp³-hybridized carbons (Fsp3) is 0.568. The summed E-state index contributed by atoms with van der Waals surface area (Å²) in [6.45, 7) is 18.5. The lowest BCUT2D eigenvalue weighted by Gasteiger charge is -2.39. The number of esters is 1. The summed E-state index contributed by atoms with van der Waals surface area (Å²) >= 11 is 4.41. The van der Waals surface area contributed by atoms with Crippen molar-refractivity contribution < 1.29 is 28.7 Å². The first-order valence-electron chi connectivity index (χ1n) is 16.4. The van der Waals surface area contributed by atoms with Gasteiger partial charge in [-0.15, -0.1) is 0 Å². The summed E-state index contributed by atoms with van der Waals surface area (Å²) in [6, 6.07) is 13.1. The van der Waals surface area contributed by atoms with Gasteiger partial charge >= 0.3 is 12.1 Å². The van der Waals surface area contributed by atoms with Crippen LogP contribution >= 0.6 is 12.6 Å². The first kappa shape index (κ1) is 39.6. The number of rotatable bonds is 14. The lowest BCUT2D eigenvalue weighted by Crippen LogP contribution is -2.57. The third kappa shape index (κ3) is 13.6. The molecule has 0 radical (unpaired) electrons. The molecule has 0 aliphatic carbocycles. The summed E-state index contributed by atoms with van der Waals surface area (Å²) in [5.41, 5.74) is 0.821. The van der Waals surface area contributed by atoms with Crippen LogP contribution in [-0.4, -0.2) is 63.9 Å². The number of nitrogens with zero attached hydrogens (tertiary/aromatic N) is 1. The van der Waals surface area contributed by atoms with Crippen molar-refractivity contribution in [2.45, 2.75) is 124 Å². The number of hydrogen-bond donors (Lipinski definition) is 3. The van der Waals surface area contributed by atoms with Crippen LogP contribution in [0.3, 0.4) is 0 Å². The minimum atomic E-state index is -1.13. The van der Waals surface area contributed by atoms with Gasteiger partial charge in [0.1, 0.15) is 29.3 Å². The van der Waals surface area contributed by atoms with Crippen molar-refractivity contribution in [1.29, 1.82) is 0 Å². The van der Waals surface area contributed by atoms with Gasteiger partial charge in [0.25, 0.3) is 0 Å². The first-order chi connectivity index (χ1) is 21.8. The molecule has 0 heterocycles. The summed E-state index contributed by atoms with van der Waals surface area (Å²) in [4.78, 5) is 56.9. The fourth-order valence-electron chi connectivity index (χ4n) is 4.98. The number of thiol groups is 1. The highest BCUT2D eigenvalue weighted by Crippen LogP contribution is 2.28. The number of carbonyl (C=O) groups excluding carboxylic acids is 4. The van der Waals surface area contributed by atoms with Gasteiger partial charge in [0.05, 0.1) is 0 Å². The molecule has 0 aliphatic rings. The molecule has 0 saturated heterocycles. The van der Waals surface area contributed by atoms with Crippen LogP contribution in [0.5, 0.6) is 0 Å². The maximum atomic E-state index is 14.6. The lowest BCUT2D eigenvalue weighted by molar-refractivity contribution is -0.159. The van der Waals surface area contributed by atoms with Gasteiger partial charge < -0.3 is 25.0 Å². The van der Waals surface area contributed by atoms with Gasteiger partial charge in [-0.2, -0.15) is 12.6 Å². The monoisotopic (exact) mass is 669 g/mol. The van der Waals surface area contributed by atoms with Crippen LogP contribution in [0.2, 0.25) is 0 Å². The second-order valence-corrected chi connectivity index (χ2v) is 14.9. The van der Waals surface area contributed by atoms with E-state index in [-0.39, 0.29) is 12.2 Å². The van der Waals surface area contributed by atoms with Crippen molar-refractivity contribution >= 4 is 36.5 Å². The number of ether oxygens (including phenoxy) is 2. The molecule has 2 N–H and O–H groups in total. The molecule has 47 heavy (non-hydrogen) atoms. The van der Waals surface area contributed by atoms with Crippen molar-refractivity contribution in [3.05, 3.63) is 71.3 Å². The van der Waals surface area contributed by atoms with Crippen LogP contribution in [0.25, 0.3) is 0 Å². The van der Waals surface area contributed by atoms with Crippen LogP contribution in [0.1, 0.15) is 97.9 Å². The summed E-state index contributed by atoms with van der Waals surface area (Å²) in [6.07, 6.45) is 0.832. The Morgan fingerprint density at radius 3 is 1.87 bits per heavy atom. The highest BCUT2D eigenvalue weighted by Gasteiger charge is 2.40. The smallest absolute Gasteiger partial charge is 0.408 e. The van der Waals surface area contributed by atoms with Gasteiger partial charge in [-0.05, 0) is 85.3 Å².